The minimum atomic E-state index is -4.08. The monoisotopic (exact) mass is 579 g/mol. The summed E-state index contributed by atoms with van der Waals surface area (Å²) in [6.45, 7) is 3.27. The Morgan fingerprint density at radius 1 is 1.14 bits per heavy atom. The van der Waals surface area contributed by atoms with E-state index in [0.29, 0.717) is 20.7 Å². The van der Waals surface area contributed by atoms with Crippen LogP contribution in [0.1, 0.15) is 16.7 Å². The summed E-state index contributed by atoms with van der Waals surface area (Å²) in [5.74, 6) is -0.492. The third kappa shape index (κ3) is 6.33. The Morgan fingerprint density at radius 2 is 1.83 bits per heavy atom. The topological polar surface area (TPSA) is 108 Å². The number of ether oxygens (including phenoxy) is 1. The second kappa shape index (κ2) is 11.1. The highest BCUT2D eigenvalue weighted by molar-refractivity contribution is 9.10. The number of anilines is 1. The normalized spacial score (nSPS) is 11.5. The maximum atomic E-state index is 13.4. The Morgan fingerprint density at radius 3 is 2.46 bits per heavy atom. The zero-order chi connectivity index (χ0) is 25.8. The van der Waals surface area contributed by atoms with Crippen molar-refractivity contribution < 1.29 is 23.1 Å². The van der Waals surface area contributed by atoms with E-state index in [-0.39, 0.29) is 16.4 Å². The molecule has 2 N–H and O–H groups in total. The van der Waals surface area contributed by atoms with Gasteiger partial charge >= 0.3 is 0 Å². The van der Waals surface area contributed by atoms with Crippen molar-refractivity contribution in [2.45, 2.75) is 18.7 Å². The number of carbonyl (C=O) groups is 1. The van der Waals surface area contributed by atoms with E-state index in [1.165, 1.54) is 43.7 Å². The Bertz CT molecular complexity index is 1380. The predicted octanol–water partition coefficient (Wildman–Crippen LogP) is 4.78. The standard InChI is InChI=1S/C24H23BrClN3O5S/c1-15-4-7-19(10-16(15)2)29(35(32,33)20-8-5-18(26)6-9-20)14-23(30)28-27-13-17-11-21(25)24(31)22(12-17)34-3/h4-13,31H,14H2,1-3H3,(H,28,30)/b27-13-. The number of nitrogens with zero attached hydrogens (tertiary/aromatic N) is 2. The fraction of sp³-hybridized carbons (Fsp3) is 0.167. The number of hydrogen-bond donors (Lipinski definition) is 2. The van der Waals surface area contributed by atoms with Gasteiger partial charge < -0.3 is 9.84 Å². The lowest BCUT2D eigenvalue weighted by atomic mass is 10.1. The maximum absolute atomic E-state index is 13.4. The van der Waals surface area contributed by atoms with E-state index in [2.05, 4.69) is 26.5 Å². The fourth-order valence-corrected chi connectivity index (χ4v) is 5.10. The van der Waals surface area contributed by atoms with Crippen LogP contribution in [0.25, 0.3) is 0 Å². The number of carbonyl (C=O) groups excluding carboxylic acids is 1. The first-order chi connectivity index (χ1) is 16.5. The number of amides is 1. The first-order valence-corrected chi connectivity index (χ1v) is 12.9. The molecule has 1 amide bonds. The summed E-state index contributed by atoms with van der Waals surface area (Å²) in [4.78, 5) is 12.7. The first kappa shape index (κ1) is 26.5. The van der Waals surface area contributed by atoms with Gasteiger partial charge in [0.1, 0.15) is 6.54 Å². The molecule has 8 nitrogen and oxygen atoms in total. The highest BCUT2D eigenvalue weighted by atomic mass is 79.9. The molecule has 0 aliphatic carbocycles. The predicted molar refractivity (Wildman–Crippen MR) is 140 cm³/mol. The number of hydrogen-bond acceptors (Lipinski definition) is 6. The van der Waals surface area contributed by atoms with Gasteiger partial charge in [-0.05, 0) is 95.0 Å². The van der Waals surface area contributed by atoms with Gasteiger partial charge in [-0.3, -0.25) is 9.10 Å². The Labute approximate surface area is 217 Å². The number of aryl methyl sites for hydroxylation is 2. The van der Waals surface area contributed by atoms with E-state index in [1.54, 1.807) is 24.3 Å². The second-order valence-corrected chi connectivity index (χ2v) is 10.7. The van der Waals surface area contributed by atoms with Gasteiger partial charge in [0.15, 0.2) is 11.5 Å². The summed E-state index contributed by atoms with van der Waals surface area (Å²) < 4.78 is 33.4. The van der Waals surface area contributed by atoms with Crippen LogP contribution in [0, 0.1) is 13.8 Å². The molecule has 0 spiro atoms. The molecule has 11 heteroatoms. The van der Waals surface area contributed by atoms with Crippen molar-refractivity contribution in [2.75, 3.05) is 18.0 Å². The molecule has 3 aromatic carbocycles. The highest BCUT2D eigenvalue weighted by Gasteiger charge is 2.27. The van der Waals surface area contributed by atoms with Gasteiger partial charge in [0.05, 0.1) is 28.4 Å². The number of phenols is 1. The minimum Gasteiger partial charge on any atom is -0.503 e. The molecular weight excluding hydrogens is 558 g/mol. The molecule has 0 aromatic heterocycles. The van der Waals surface area contributed by atoms with Crippen molar-refractivity contribution in [1.29, 1.82) is 0 Å². The second-order valence-electron chi connectivity index (χ2n) is 7.58. The molecule has 184 valence electrons. The van der Waals surface area contributed by atoms with Crippen LogP contribution >= 0.6 is 27.5 Å². The van der Waals surface area contributed by atoms with Crippen molar-refractivity contribution in [1.82, 2.24) is 5.43 Å². The van der Waals surface area contributed by atoms with Crippen LogP contribution in [0.3, 0.4) is 0 Å². The van der Waals surface area contributed by atoms with Gasteiger partial charge in [0.25, 0.3) is 15.9 Å². The molecule has 0 saturated heterocycles. The third-order valence-corrected chi connectivity index (χ3v) is 7.79. The number of benzene rings is 3. The molecule has 3 aromatic rings. The van der Waals surface area contributed by atoms with Crippen LogP contribution in [0.2, 0.25) is 5.02 Å². The molecular formula is C24H23BrClN3O5S. The lowest BCUT2D eigenvalue weighted by Gasteiger charge is -2.24. The highest BCUT2D eigenvalue weighted by Crippen LogP contribution is 2.34. The summed E-state index contributed by atoms with van der Waals surface area (Å²) >= 11 is 9.13. The van der Waals surface area contributed by atoms with E-state index in [4.69, 9.17) is 16.3 Å². The van der Waals surface area contributed by atoms with Gasteiger partial charge in [-0.2, -0.15) is 5.10 Å². The fourth-order valence-electron chi connectivity index (χ4n) is 3.10. The summed E-state index contributed by atoms with van der Waals surface area (Å²) in [5.41, 5.74) is 5.09. The van der Waals surface area contributed by atoms with Crippen LogP contribution in [0.4, 0.5) is 5.69 Å². The Hall–Kier alpha value is -3.08. The zero-order valence-electron chi connectivity index (χ0n) is 19.1. The number of hydrazone groups is 1. The molecule has 35 heavy (non-hydrogen) atoms. The number of phenolic OH excluding ortho intramolecular Hbond substituents is 1. The Balaban J connectivity index is 1.87. The van der Waals surface area contributed by atoms with Gasteiger partial charge in [0.2, 0.25) is 0 Å². The van der Waals surface area contributed by atoms with Crippen LogP contribution in [0.5, 0.6) is 11.5 Å². The van der Waals surface area contributed by atoms with Crippen LogP contribution < -0.4 is 14.5 Å². The smallest absolute Gasteiger partial charge is 0.264 e. The van der Waals surface area contributed by atoms with Gasteiger partial charge in [0, 0.05) is 5.02 Å². The Kier molecular flexibility index (Phi) is 8.42. The number of nitrogens with one attached hydrogen (secondary N) is 1. The summed E-state index contributed by atoms with van der Waals surface area (Å²) in [7, 11) is -2.67. The molecule has 0 heterocycles. The maximum Gasteiger partial charge on any atom is 0.264 e. The molecule has 0 aliphatic heterocycles. The molecule has 0 aliphatic rings. The van der Waals surface area contributed by atoms with Gasteiger partial charge in [-0.1, -0.05) is 17.7 Å². The summed E-state index contributed by atoms with van der Waals surface area (Å²) in [6, 6.07) is 14.0. The molecule has 0 atom stereocenters. The van der Waals surface area contributed by atoms with Crippen molar-refractivity contribution in [3.8, 4) is 11.5 Å². The van der Waals surface area contributed by atoms with Crippen LogP contribution in [0.15, 0.2) is 69.1 Å². The zero-order valence-corrected chi connectivity index (χ0v) is 22.3. The lowest BCUT2D eigenvalue weighted by Crippen LogP contribution is -2.39. The van der Waals surface area contributed by atoms with Crippen molar-refractivity contribution in [3.63, 3.8) is 0 Å². The van der Waals surface area contributed by atoms with E-state index in [0.717, 1.165) is 15.4 Å². The van der Waals surface area contributed by atoms with E-state index < -0.39 is 22.5 Å². The van der Waals surface area contributed by atoms with Crippen molar-refractivity contribution >= 4 is 55.4 Å². The molecule has 0 bridgehead atoms. The van der Waals surface area contributed by atoms with E-state index in [9.17, 15) is 18.3 Å². The number of halogens is 2. The van der Waals surface area contributed by atoms with Gasteiger partial charge in [-0.15, -0.1) is 0 Å². The average molecular weight is 581 g/mol. The van der Waals surface area contributed by atoms with Crippen molar-refractivity contribution in [3.05, 3.63) is 80.8 Å². The first-order valence-electron chi connectivity index (χ1n) is 10.3. The largest absolute Gasteiger partial charge is 0.503 e. The molecule has 0 fully saturated rings. The summed E-state index contributed by atoms with van der Waals surface area (Å²) in [5, 5.41) is 14.2. The third-order valence-electron chi connectivity index (χ3n) is 5.14. The minimum absolute atomic E-state index is 0.00234. The SMILES string of the molecule is COc1cc(/C=N\NC(=O)CN(c2ccc(C)c(C)c2)S(=O)(=O)c2ccc(Cl)cc2)cc(Br)c1O. The number of methoxy groups -OCH3 is 1. The lowest BCUT2D eigenvalue weighted by molar-refractivity contribution is -0.119. The van der Waals surface area contributed by atoms with Crippen molar-refractivity contribution in [2.24, 2.45) is 5.10 Å². The molecule has 0 unspecified atom stereocenters. The quantitative estimate of drug-likeness (QED) is 0.295. The van der Waals surface area contributed by atoms with E-state index >= 15 is 0 Å². The average Bonchev–Trinajstić information content (AvgIpc) is 2.81. The summed E-state index contributed by atoms with van der Waals surface area (Å²) in [6.07, 6.45) is 1.35. The number of aromatic hydroxyl groups is 1. The van der Waals surface area contributed by atoms with Crippen LogP contribution in [-0.2, 0) is 14.8 Å². The molecule has 0 saturated carbocycles. The van der Waals surface area contributed by atoms with E-state index in [1.807, 2.05) is 13.8 Å². The van der Waals surface area contributed by atoms with Crippen LogP contribution in [-0.4, -0.2) is 39.3 Å². The molecule has 0 radical (unpaired) electrons. The number of sulfonamides is 1. The van der Waals surface area contributed by atoms with Gasteiger partial charge in [-0.25, -0.2) is 13.8 Å². The number of rotatable bonds is 8. The molecule has 3 rings (SSSR count).